The van der Waals surface area contributed by atoms with Crippen LogP contribution in [-0.4, -0.2) is 51.6 Å². The minimum Gasteiger partial charge on any atom is -0.295 e. The third-order valence-corrected chi connectivity index (χ3v) is 3.92. The summed E-state index contributed by atoms with van der Waals surface area (Å²) < 4.78 is 26.7. The SMILES string of the molecule is CS(=O)(=O)OC[C@@H]1CCN(CC(=O)c2ccccc2)C1. The van der Waals surface area contributed by atoms with E-state index < -0.39 is 10.1 Å². The monoisotopic (exact) mass is 297 g/mol. The zero-order valence-corrected chi connectivity index (χ0v) is 12.3. The van der Waals surface area contributed by atoms with Gasteiger partial charge in [0.2, 0.25) is 0 Å². The summed E-state index contributed by atoms with van der Waals surface area (Å²) in [5, 5.41) is 0. The van der Waals surface area contributed by atoms with Crippen LogP contribution in [0.25, 0.3) is 0 Å². The van der Waals surface area contributed by atoms with Gasteiger partial charge in [0, 0.05) is 12.1 Å². The van der Waals surface area contributed by atoms with E-state index in [0.717, 1.165) is 19.2 Å². The fraction of sp³-hybridized carbons (Fsp3) is 0.500. The van der Waals surface area contributed by atoms with Crippen molar-refractivity contribution in [2.75, 3.05) is 32.5 Å². The quantitative estimate of drug-likeness (QED) is 0.582. The number of benzene rings is 1. The minimum absolute atomic E-state index is 0.0929. The minimum atomic E-state index is -3.38. The smallest absolute Gasteiger partial charge is 0.264 e. The van der Waals surface area contributed by atoms with Crippen molar-refractivity contribution in [3.05, 3.63) is 35.9 Å². The van der Waals surface area contributed by atoms with Gasteiger partial charge in [-0.2, -0.15) is 8.42 Å². The van der Waals surface area contributed by atoms with Crippen LogP contribution in [0.1, 0.15) is 16.8 Å². The number of nitrogens with zero attached hydrogens (tertiary/aromatic N) is 1. The van der Waals surface area contributed by atoms with E-state index in [1.54, 1.807) is 0 Å². The summed E-state index contributed by atoms with van der Waals surface area (Å²) in [6.45, 7) is 2.08. The van der Waals surface area contributed by atoms with Crippen molar-refractivity contribution in [2.45, 2.75) is 6.42 Å². The molecule has 1 aliphatic rings. The van der Waals surface area contributed by atoms with E-state index in [1.165, 1.54) is 0 Å². The fourth-order valence-electron chi connectivity index (χ4n) is 2.33. The lowest BCUT2D eigenvalue weighted by Gasteiger charge is -2.15. The van der Waals surface area contributed by atoms with E-state index in [4.69, 9.17) is 4.18 Å². The number of hydrogen-bond acceptors (Lipinski definition) is 5. The molecule has 0 bridgehead atoms. The van der Waals surface area contributed by atoms with Gasteiger partial charge in [-0.15, -0.1) is 0 Å². The van der Waals surface area contributed by atoms with Crippen LogP contribution in [0, 0.1) is 5.92 Å². The Bertz CT molecular complexity index is 556. The average molecular weight is 297 g/mol. The van der Waals surface area contributed by atoms with Gasteiger partial charge in [0.1, 0.15) is 0 Å². The molecule has 0 unspecified atom stereocenters. The summed E-state index contributed by atoms with van der Waals surface area (Å²) in [5.41, 5.74) is 0.711. The van der Waals surface area contributed by atoms with Gasteiger partial charge in [-0.25, -0.2) is 0 Å². The predicted octanol–water partition coefficient (Wildman–Crippen LogP) is 1.17. The molecule has 0 radical (unpaired) electrons. The molecule has 1 atom stereocenters. The molecule has 1 saturated heterocycles. The maximum absolute atomic E-state index is 12.1. The molecule has 5 nitrogen and oxygen atoms in total. The van der Waals surface area contributed by atoms with Crippen molar-refractivity contribution in [1.29, 1.82) is 0 Å². The summed E-state index contributed by atoms with van der Waals surface area (Å²) >= 11 is 0. The molecule has 1 aromatic carbocycles. The van der Waals surface area contributed by atoms with Gasteiger partial charge in [0.05, 0.1) is 19.4 Å². The third kappa shape index (κ3) is 4.70. The molecule has 0 aliphatic carbocycles. The molecule has 1 aliphatic heterocycles. The number of hydrogen-bond donors (Lipinski definition) is 0. The van der Waals surface area contributed by atoms with Gasteiger partial charge < -0.3 is 0 Å². The van der Waals surface area contributed by atoms with Gasteiger partial charge in [0.15, 0.2) is 5.78 Å². The van der Waals surface area contributed by atoms with Crippen molar-refractivity contribution >= 4 is 15.9 Å². The van der Waals surface area contributed by atoms with Gasteiger partial charge >= 0.3 is 0 Å². The Balaban J connectivity index is 1.80. The van der Waals surface area contributed by atoms with E-state index in [-0.39, 0.29) is 18.3 Å². The maximum Gasteiger partial charge on any atom is 0.264 e. The Morgan fingerprint density at radius 1 is 1.35 bits per heavy atom. The molecule has 1 aromatic rings. The largest absolute Gasteiger partial charge is 0.295 e. The number of likely N-dealkylation sites (tertiary alicyclic amines) is 1. The lowest BCUT2D eigenvalue weighted by atomic mass is 10.1. The van der Waals surface area contributed by atoms with Crippen LogP contribution in [0.5, 0.6) is 0 Å². The second kappa shape index (κ2) is 6.47. The van der Waals surface area contributed by atoms with E-state index >= 15 is 0 Å². The summed E-state index contributed by atoms with van der Waals surface area (Å²) in [5.74, 6) is 0.267. The normalized spacial score (nSPS) is 20.1. The van der Waals surface area contributed by atoms with Crippen molar-refractivity contribution in [1.82, 2.24) is 4.90 Å². The molecule has 1 heterocycles. The van der Waals surface area contributed by atoms with Crippen molar-refractivity contribution < 1.29 is 17.4 Å². The second-order valence-corrected chi connectivity index (χ2v) is 6.81. The third-order valence-electron chi connectivity index (χ3n) is 3.35. The van der Waals surface area contributed by atoms with E-state index in [2.05, 4.69) is 0 Å². The average Bonchev–Trinajstić information content (AvgIpc) is 2.84. The number of ketones is 1. The van der Waals surface area contributed by atoms with Crippen LogP contribution in [0.4, 0.5) is 0 Å². The molecule has 6 heteroatoms. The Hall–Kier alpha value is -1.24. The predicted molar refractivity (Wildman–Crippen MR) is 76.1 cm³/mol. The maximum atomic E-state index is 12.1. The highest BCUT2D eigenvalue weighted by molar-refractivity contribution is 7.85. The first-order valence-corrected chi connectivity index (χ1v) is 8.41. The Morgan fingerprint density at radius 2 is 2.05 bits per heavy atom. The van der Waals surface area contributed by atoms with Gasteiger partial charge in [-0.05, 0) is 18.9 Å². The van der Waals surface area contributed by atoms with Crippen LogP contribution in [0.15, 0.2) is 30.3 Å². The zero-order chi connectivity index (χ0) is 14.6. The Labute approximate surface area is 119 Å². The van der Waals surface area contributed by atoms with Gasteiger partial charge in [-0.1, -0.05) is 30.3 Å². The summed E-state index contributed by atoms with van der Waals surface area (Å²) in [6.07, 6.45) is 1.91. The number of rotatable bonds is 6. The molecule has 0 N–H and O–H groups in total. The van der Waals surface area contributed by atoms with Crippen molar-refractivity contribution in [3.8, 4) is 0 Å². The number of carbonyl (C=O) groups excluding carboxylic acids is 1. The molecule has 2 rings (SSSR count). The first-order valence-electron chi connectivity index (χ1n) is 6.59. The standard InChI is InChI=1S/C14H19NO4S/c1-20(17,18)19-11-12-7-8-15(9-12)10-14(16)13-5-3-2-4-6-13/h2-6,12H,7-11H2,1H3/t12-/m1/s1. The highest BCUT2D eigenvalue weighted by atomic mass is 32.2. The highest BCUT2D eigenvalue weighted by Gasteiger charge is 2.25. The van der Waals surface area contributed by atoms with Crippen LogP contribution in [0.2, 0.25) is 0 Å². The summed E-state index contributed by atoms with van der Waals surface area (Å²) in [7, 11) is -3.38. The highest BCUT2D eigenvalue weighted by Crippen LogP contribution is 2.17. The molecular weight excluding hydrogens is 278 g/mol. The molecule has 110 valence electrons. The first kappa shape index (κ1) is 15.2. The van der Waals surface area contributed by atoms with E-state index in [1.807, 2.05) is 35.2 Å². The Kier molecular flexibility index (Phi) is 4.91. The topological polar surface area (TPSA) is 63.7 Å². The van der Waals surface area contributed by atoms with E-state index in [9.17, 15) is 13.2 Å². The van der Waals surface area contributed by atoms with E-state index in [0.29, 0.717) is 18.7 Å². The van der Waals surface area contributed by atoms with Crippen molar-refractivity contribution in [3.63, 3.8) is 0 Å². The van der Waals surface area contributed by atoms with Gasteiger partial charge in [0.25, 0.3) is 10.1 Å². The zero-order valence-electron chi connectivity index (χ0n) is 11.5. The fourth-order valence-corrected chi connectivity index (χ4v) is 2.77. The van der Waals surface area contributed by atoms with Crippen LogP contribution in [0.3, 0.4) is 0 Å². The van der Waals surface area contributed by atoms with Gasteiger partial charge in [-0.3, -0.25) is 13.9 Å². The molecule has 0 amide bonds. The molecular formula is C14H19NO4S. The van der Waals surface area contributed by atoms with Crippen LogP contribution >= 0.6 is 0 Å². The molecule has 0 aromatic heterocycles. The molecule has 0 saturated carbocycles. The molecule has 1 fully saturated rings. The Morgan fingerprint density at radius 3 is 2.70 bits per heavy atom. The lowest BCUT2D eigenvalue weighted by molar-refractivity contribution is 0.0941. The summed E-state index contributed by atoms with van der Waals surface area (Å²) in [4.78, 5) is 14.1. The van der Waals surface area contributed by atoms with Crippen LogP contribution in [-0.2, 0) is 14.3 Å². The number of carbonyl (C=O) groups is 1. The number of Topliss-reactive ketones (excluding diaryl/α,β-unsaturated/α-hetero) is 1. The summed E-state index contributed by atoms with van der Waals surface area (Å²) in [6, 6.07) is 9.19. The lowest BCUT2D eigenvalue weighted by Crippen LogP contribution is -2.28. The van der Waals surface area contributed by atoms with Crippen LogP contribution < -0.4 is 0 Å². The first-order chi connectivity index (χ1) is 9.44. The molecule has 0 spiro atoms. The molecule has 20 heavy (non-hydrogen) atoms. The van der Waals surface area contributed by atoms with Crippen molar-refractivity contribution in [2.24, 2.45) is 5.92 Å². The second-order valence-electron chi connectivity index (χ2n) is 5.17.